The van der Waals surface area contributed by atoms with Gasteiger partial charge in [0.1, 0.15) is 11.6 Å². The summed E-state index contributed by atoms with van der Waals surface area (Å²) in [5.74, 6) is 0.751. The second kappa shape index (κ2) is 4.53. The number of H-pyrrole nitrogens is 1. The highest BCUT2D eigenvalue weighted by atomic mass is 16.5. The Labute approximate surface area is 118 Å². The summed E-state index contributed by atoms with van der Waals surface area (Å²) in [4.78, 5) is 2.28. The van der Waals surface area contributed by atoms with E-state index in [-0.39, 0.29) is 11.3 Å². The number of aryl methyl sites for hydroxylation is 1. The maximum Gasteiger partial charge on any atom is 0.244 e. The van der Waals surface area contributed by atoms with Crippen LogP contribution in [0.15, 0.2) is 11.5 Å². The van der Waals surface area contributed by atoms with Crippen LogP contribution in [0.4, 0.5) is 0 Å². The number of aromatic amines is 1. The second-order valence-electron chi connectivity index (χ2n) is 5.57. The first-order chi connectivity index (χ1) is 9.62. The molecule has 6 nitrogen and oxygen atoms in total. The zero-order valence-corrected chi connectivity index (χ0v) is 11.9. The number of hydrogen-bond donors (Lipinski definition) is 2. The number of aromatic nitrogens is 2. The Kier molecular flexibility index (Phi) is 2.94. The SMILES string of the molecule is CCc1[nH]nc2c1C1(CCN(C)CC1)C(C#N)=C(N)O2. The van der Waals surface area contributed by atoms with Gasteiger partial charge in [0.25, 0.3) is 0 Å². The Morgan fingerprint density at radius 3 is 2.80 bits per heavy atom. The van der Waals surface area contributed by atoms with E-state index in [1.54, 1.807) is 0 Å². The molecule has 0 saturated carbocycles. The fraction of sp³-hybridized carbons (Fsp3) is 0.571. The van der Waals surface area contributed by atoms with Gasteiger partial charge in [-0.25, -0.2) is 0 Å². The summed E-state index contributed by atoms with van der Waals surface area (Å²) >= 11 is 0. The summed E-state index contributed by atoms with van der Waals surface area (Å²) in [6, 6.07) is 2.28. The molecule has 0 aliphatic carbocycles. The number of ether oxygens (including phenoxy) is 1. The lowest BCUT2D eigenvalue weighted by Crippen LogP contribution is -2.45. The number of rotatable bonds is 1. The second-order valence-corrected chi connectivity index (χ2v) is 5.57. The molecule has 2 aliphatic heterocycles. The van der Waals surface area contributed by atoms with Crippen molar-refractivity contribution in [3.8, 4) is 11.9 Å². The van der Waals surface area contributed by atoms with Gasteiger partial charge in [-0.2, -0.15) is 5.26 Å². The summed E-state index contributed by atoms with van der Waals surface area (Å²) in [5.41, 5.74) is 8.28. The molecular weight excluding hydrogens is 254 g/mol. The number of fused-ring (bicyclic) bond motifs is 2. The Morgan fingerprint density at radius 1 is 1.50 bits per heavy atom. The quantitative estimate of drug-likeness (QED) is 0.797. The van der Waals surface area contributed by atoms with E-state index in [2.05, 4.69) is 35.1 Å². The van der Waals surface area contributed by atoms with Crippen molar-refractivity contribution in [2.24, 2.45) is 5.73 Å². The molecule has 0 atom stereocenters. The number of nitrogens with one attached hydrogen (secondary N) is 1. The molecule has 0 unspecified atom stereocenters. The molecule has 1 spiro atoms. The van der Waals surface area contributed by atoms with Crippen LogP contribution in [0.1, 0.15) is 31.0 Å². The van der Waals surface area contributed by atoms with Gasteiger partial charge in [-0.1, -0.05) is 6.92 Å². The predicted octanol–water partition coefficient (Wildman–Crippen LogP) is 1.02. The third-order valence-corrected chi connectivity index (χ3v) is 4.52. The number of allylic oxidation sites excluding steroid dienone is 1. The minimum absolute atomic E-state index is 0.207. The van der Waals surface area contributed by atoms with Crippen molar-refractivity contribution in [2.75, 3.05) is 20.1 Å². The van der Waals surface area contributed by atoms with Crippen molar-refractivity contribution in [2.45, 2.75) is 31.6 Å². The number of likely N-dealkylation sites (tertiary alicyclic amines) is 1. The van der Waals surface area contributed by atoms with Crippen LogP contribution in [0.25, 0.3) is 0 Å². The minimum Gasteiger partial charge on any atom is -0.420 e. The molecule has 3 heterocycles. The highest BCUT2D eigenvalue weighted by Gasteiger charge is 2.48. The van der Waals surface area contributed by atoms with E-state index in [1.165, 1.54) is 0 Å². The molecule has 0 bridgehead atoms. The number of piperidine rings is 1. The first-order valence-electron chi connectivity index (χ1n) is 6.97. The van der Waals surface area contributed by atoms with Crippen molar-refractivity contribution in [1.82, 2.24) is 15.1 Å². The van der Waals surface area contributed by atoms with Crippen LogP contribution in [0, 0.1) is 11.3 Å². The smallest absolute Gasteiger partial charge is 0.244 e. The zero-order chi connectivity index (χ0) is 14.3. The van der Waals surface area contributed by atoms with Gasteiger partial charge in [0.2, 0.25) is 11.8 Å². The summed E-state index contributed by atoms with van der Waals surface area (Å²) in [6.07, 6.45) is 2.58. The van der Waals surface area contributed by atoms with Gasteiger partial charge in [-0.15, -0.1) is 5.10 Å². The number of nitriles is 1. The van der Waals surface area contributed by atoms with Crippen LogP contribution in [0.2, 0.25) is 0 Å². The highest BCUT2D eigenvalue weighted by Crippen LogP contribution is 2.49. The van der Waals surface area contributed by atoms with Crippen LogP contribution < -0.4 is 10.5 Å². The van der Waals surface area contributed by atoms with Crippen LogP contribution >= 0.6 is 0 Å². The molecule has 1 fully saturated rings. The molecule has 3 rings (SSSR count). The summed E-state index contributed by atoms with van der Waals surface area (Å²) < 4.78 is 5.55. The number of nitrogens with zero attached hydrogens (tertiary/aromatic N) is 3. The van der Waals surface area contributed by atoms with Crippen molar-refractivity contribution in [1.29, 1.82) is 5.26 Å². The molecule has 6 heteroatoms. The van der Waals surface area contributed by atoms with Gasteiger partial charge in [-0.3, -0.25) is 5.10 Å². The zero-order valence-electron chi connectivity index (χ0n) is 11.9. The molecule has 106 valence electrons. The average Bonchev–Trinajstić information content (AvgIpc) is 2.85. The highest BCUT2D eigenvalue weighted by molar-refractivity contribution is 5.54. The lowest BCUT2D eigenvalue weighted by Gasteiger charge is -2.42. The topological polar surface area (TPSA) is 91.0 Å². The largest absolute Gasteiger partial charge is 0.420 e. The van der Waals surface area contributed by atoms with E-state index in [4.69, 9.17) is 10.5 Å². The van der Waals surface area contributed by atoms with Gasteiger partial charge in [0.05, 0.1) is 0 Å². The van der Waals surface area contributed by atoms with E-state index in [9.17, 15) is 5.26 Å². The molecular formula is C14H19N5O. The molecule has 3 N–H and O–H groups in total. The van der Waals surface area contributed by atoms with Crippen molar-refractivity contribution in [3.05, 3.63) is 22.7 Å². The van der Waals surface area contributed by atoms with Crippen LogP contribution in [-0.4, -0.2) is 35.2 Å². The standard InChI is InChI=1S/C14H19N5O/c1-3-10-11-13(18-17-10)20-12(16)9(8-15)14(11)4-6-19(2)7-5-14/h3-7,16H2,1-2H3,(H,17,18). The summed E-state index contributed by atoms with van der Waals surface area (Å²) in [5, 5.41) is 16.8. The van der Waals surface area contributed by atoms with E-state index in [0.717, 1.165) is 43.6 Å². The van der Waals surface area contributed by atoms with Crippen LogP contribution in [-0.2, 0) is 11.8 Å². The van der Waals surface area contributed by atoms with Gasteiger partial charge < -0.3 is 15.4 Å². The fourth-order valence-electron chi connectivity index (χ4n) is 3.36. The van der Waals surface area contributed by atoms with E-state index >= 15 is 0 Å². The average molecular weight is 273 g/mol. The number of hydrogen-bond acceptors (Lipinski definition) is 5. The molecule has 0 aromatic carbocycles. The van der Waals surface area contributed by atoms with Crippen molar-refractivity contribution >= 4 is 0 Å². The van der Waals surface area contributed by atoms with Crippen molar-refractivity contribution in [3.63, 3.8) is 0 Å². The van der Waals surface area contributed by atoms with E-state index < -0.39 is 0 Å². The summed E-state index contributed by atoms with van der Waals surface area (Å²) in [7, 11) is 2.10. The maximum absolute atomic E-state index is 9.56. The predicted molar refractivity (Wildman–Crippen MR) is 73.8 cm³/mol. The van der Waals surface area contributed by atoms with E-state index in [1.807, 2.05) is 0 Å². The Balaban J connectivity index is 2.18. The normalized spacial score (nSPS) is 21.4. The van der Waals surface area contributed by atoms with Gasteiger partial charge >= 0.3 is 0 Å². The van der Waals surface area contributed by atoms with Crippen molar-refractivity contribution < 1.29 is 4.74 Å². The molecule has 1 saturated heterocycles. The fourth-order valence-corrected chi connectivity index (χ4v) is 3.36. The minimum atomic E-state index is -0.336. The maximum atomic E-state index is 9.56. The molecule has 1 aromatic heterocycles. The number of nitrogens with two attached hydrogens (primary N) is 1. The monoisotopic (exact) mass is 273 g/mol. The van der Waals surface area contributed by atoms with Gasteiger partial charge in [0, 0.05) is 16.7 Å². The third kappa shape index (κ3) is 1.63. The van der Waals surface area contributed by atoms with Gasteiger partial charge in [0.15, 0.2) is 0 Å². The first-order valence-corrected chi connectivity index (χ1v) is 6.97. The molecule has 20 heavy (non-hydrogen) atoms. The lowest BCUT2D eigenvalue weighted by atomic mass is 9.67. The summed E-state index contributed by atoms with van der Waals surface area (Å²) in [6.45, 7) is 3.95. The van der Waals surface area contributed by atoms with Crippen LogP contribution in [0.3, 0.4) is 0 Å². The Hall–Kier alpha value is -2.00. The Bertz CT molecular complexity index is 602. The first kappa shape index (κ1) is 13.0. The van der Waals surface area contributed by atoms with Crippen LogP contribution in [0.5, 0.6) is 5.88 Å². The Morgan fingerprint density at radius 2 is 2.20 bits per heavy atom. The molecule has 0 amide bonds. The molecule has 1 aromatic rings. The third-order valence-electron chi connectivity index (χ3n) is 4.52. The van der Waals surface area contributed by atoms with E-state index in [0.29, 0.717) is 11.5 Å². The molecule has 0 radical (unpaired) electrons. The molecule has 2 aliphatic rings. The lowest BCUT2D eigenvalue weighted by molar-refractivity contribution is 0.197. The van der Waals surface area contributed by atoms with Gasteiger partial charge in [-0.05, 0) is 39.4 Å².